The van der Waals surface area contributed by atoms with E-state index in [-0.39, 0.29) is 23.9 Å². The van der Waals surface area contributed by atoms with Crippen LogP contribution in [0.4, 0.5) is 9.18 Å². The first kappa shape index (κ1) is 21.3. The number of pyridine rings is 1. The van der Waals surface area contributed by atoms with Crippen LogP contribution in [0.3, 0.4) is 0 Å². The zero-order valence-electron chi connectivity index (χ0n) is 18.5. The summed E-state index contributed by atoms with van der Waals surface area (Å²) in [5.41, 5.74) is 11.0. The lowest BCUT2D eigenvalue weighted by atomic mass is 9.91. The third-order valence-corrected chi connectivity index (χ3v) is 6.44. The van der Waals surface area contributed by atoms with E-state index in [0.717, 1.165) is 59.0 Å². The van der Waals surface area contributed by atoms with E-state index in [2.05, 4.69) is 15.4 Å². The van der Waals surface area contributed by atoms with Crippen molar-refractivity contribution in [2.24, 2.45) is 5.73 Å². The van der Waals surface area contributed by atoms with Gasteiger partial charge in [0, 0.05) is 34.8 Å². The molecule has 3 N–H and O–H groups in total. The van der Waals surface area contributed by atoms with Crippen LogP contribution in [0.2, 0.25) is 0 Å². The quantitative estimate of drug-likeness (QED) is 0.464. The van der Waals surface area contributed by atoms with Gasteiger partial charge in [0.15, 0.2) is 0 Å². The van der Waals surface area contributed by atoms with Crippen molar-refractivity contribution in [2.45, 2.75) is 44.7 Å². The third-order valence-electron chi connectivity index (χ3n) is 6.44. The van der Waals surface area contributed by atoms with Crippen molar-refractivity contribution in [3.8, 4) is 22.4 Å². The Balaban J connectivity index is 1.47. The van der Waals surface area contributed by atoms with Crippen LogP contribution in [0.15, 0.2) is 60.9 Å². The fourth-order valence-corrected chi connectivity index (χ4v) is 4.58. The molecule has 5 rings (SSSR count). The molecule has 1 saturated carbocycles. The van der Waals surface area contributed by atoms with Crippen molar-refractivity contribution in [2.75, 3.05) is 0 Å². The Kier molecular flexibility index (Phi) is 5.64. The topological polar surface area (TPSA) is 85.8 Å². The highest BCUT2D eigenvalue weighted by Gasteiger charge is 2.24. The fourth-order valence-electron chi connectivity index (χ4n) is 4.58. The highest BCUT2D eigenvalue weighted by atomic mass is 19.1. The number of carbonyl (C=O) groups is 1. The molecule has 6 nitrogen and oxygen atoms in total. The van der Waals surface area contributed by atoms with Crippen LogP contribution in [0.25, 0.3) is 33.3 Å². The maximum absolute atomic E-state index is 13.8. The van der Waals surface area contributed by atoms with Gasteiger partial charge in [-0.25, -0.2) is 9.18 Å². The molecular formula is C26H26FN5O. The summed E-state index contributed by atoms with van der Waals surface area (Å²) in [6.07, 6.45) is 7.42. The molecule has 0 radical (unpaired) electrons. The minimum Gasteiger partial charge on any atom is -0.332 e. The summed E-state index contributed by atoms with van der Waals surface area (Å²) < 4.78 is 15.2. The molecule has 1 fully saturated rings. The number of rotatable bonds is 3. The van der Waals surface area contributed by atoms with Crippen LogP contribution < -0.4 is 11.1 Å². The Morgan fingerprint density at radius 2 is 1.94 bits per heavy atom. The number of hydrogen-bond donors (Lipinski definition) is 2. The van der Waals surface area contributed by atoms with Crippen molar-refractivity contribution in [3.63, 3.8) is 0 Å². The fraction of sp³-hybridized carbons (Fsp3) is 0.269. The van der Waals surface area contributed by atoms with Gasteiger partial charge in [0.2, 0.25) is 0 Å². The molecule has 0 bridgehead atoms. The number of amides is 1. The van der Waals surface area contributed by atoms with E-state index in [0.29, 0.717) is 5.56 Å². The van der Waals surface area contributed by atoms with Gasteiger partial charge in [-0.1, -0.05) is 25.0 Å². The van der Waals surface area contributed by atoms with Crippen molar-refractivity contribution in [1.29, 1.82) is 0 Å². The average Bonchev–Trinajstić information content (AvgIpc) is 3.26. The molecule has 1 amide bonds. The van der Waals surface area contributed by atoms with E-state index in [4.69, 9.17) is 5.73 Å². The monoisotopic (exact) mass is 443 g/mol. The van der Waals surface area contributed by atoms with E-state index >= 15 is 0 Å². The van der Waals surface area contributed by atoms with E-state index in [9.17, 15) is 9.18 Å². The van der Waals surface area contributed by atoms with Crippen molar-refractivity contribution in [3.05, 3.63) is 72.3 Å². The lowest BCUT2D eigenvalue weighted by Gasteiger charge is -2.29. The molecule has 2 heterocycles. The van der Waals surface area contributed by atoms with Crippen LogP contribution in [-0.2, 0) is 0 Å². The second-order valence-corrected chi connectivity index (χ2v) is 8.70. The molecule has 0 spiro atoms. The van der Waals surface area contributed by atoms with Gasteiger partial charge in [0.1, 0.15) is 5.82 Å². The number of benzene rings is 2. The van der Waals surface area contributed by atoms with Crippen molar-refractivity contribution >= 4 is 16.9 Å². The number of halogens is 1. The normalized spacial score (nSPS) is 18.4. The summed E-state index contributed by atoms with van der Waals surface area (Å²) in [7, 11) is 0. The molecule has 0 aliphatic heterocycles. The Bertz CT molecular complexity index is 1330. The van der Waals surface area contributed by atoms with E-state index < -0.39 is 0 Å². The minimum atomic E-state index is -0.260. The number of aromatic nitrogens is 3. The summed E-state index contributed by atoms with van der Waals surface area (Å²) in [6.45, 7) is 1.74. The Morgan fingerprint density at radius 3 is 2.76 bits per heavy atom. The van der Waals surface area contributed by atoms with Crippen LogP contribution in [0.1, 0.15) is 31.2 Å². The zero-order chi connectivity index (χ0) is 22.9. The van der Waals surface area contributed by atoms with Gasteiger partial charge in [-0.05, 0) is 67.3 Å². The Morgan fingerprint density at radius 1 is 1.12 bits per heavy atom. The number of aryl methyl sites for hydroxylation is 1. The molecule has 168 valence electrons. The molecule has 33 heavy (non-hydrogen) atoms. The molecule has 1 aliphatic rings. The van der Waals surface area contributed by atoms with Gasteiger partial charge < -0.3 is 11.1 Å². The molecule has 0 unspecified atom stereocenters. The van der Waals surface area contributed by atoms with E-state index in [1.807, 2.05) is 30.3 Å². The predicted octanol–water partition coefficient (Wildman–Crippen LogP) is 5.04. The summed E-state index contributed by atoms with van der Waals surface area (Å²) in [5, 5.41) is 8.22. The second kappa shape index (κ2) is 8.75. The predicted molar refractivity (Wildman–Crippen MR) is 127 cm³/mol. The van der Waals surface area contributed by atoms with Crippen LogP contribution in [0.5, 0.6) is 0 Å². The van der Waals surface area contributed by atoms with Crippen molar-refractivity contribution in [1.82, 2.24) is 20.1 Å². The van der Waals surface area contributed by atoms with Gasteiger partial charge in [-0.3, -0.25) is 4.98 Å². The number of nitrogens with one attached hydrogen (secondary N) is 1. The molecule has 7 heteroatoms. The van der Waals surface area contributed by atoms with Gasteiger partial charge in [-0.15, -0.1) is 0 Å². The third kappa shape index (κ3) is 4.12. The minimum absolute atomic E-state index is 0.0183. The van der Waals surface area contributed by atoms with E-state index in [1.54, 1.807) is 31.5 Å². The molecule has 1 aliphatic carbocycles. The van der Waals surface area contributed by atoms with Gasteiger partial charge in [0.05, 0.1) is 17.4 Å². The summed E-state index contributed by atoms with van der Waals surface area (Å²) in [5.74, 6) is -0.238. The largest absolute Gasteiger partial charge is 0.342 e. The lowest BCUT2D eigenvalue weighted by molar-refractivity contribution is 0.228. The van der Waals surface area contributed by atoms with Crippen LogP contribution >= 0.6 is 0 Å². The first-order valence-electron chi connectivity index (χ1n) is 11.3. The van der Waals surface area contributed by atoms with Crippen molar-refractivity contribution < 1.29 is 9.18 Å². The van der Waals surface area contributed by atoms with Crippen LogP contribution in [0, 0.1) is 12.7 Å². The Labute approximate surface area is 191 Å². The smallest absolute Gasteiger partial charge is 0.332 e. The summed E-state index contributed by atoms with van der Waals surface area (Å²) >= 11 is 0. The number of nitrogens with two attached hydrogens (primary N) is 1. The number of fused-ring (bicyclic) bond motifs is 1. The summed E-state index contributed by atoms with van der Waals surface area (Å²) in [4.78, 5) is 17.4. The number of nitrogens with zero attached hydrogens (tertiary/aromatic N) is 3. The second-order valence-electron chi connectivity index (χ2n) is 8.70. The maximum Gasteiger partial charge on any atom is 0.342 e. The molecular weight excluding hydrogens is 417 g/mol. The van der Waals surface area contributed by atoms with E-state index in [1.165, 1.54) is 10.7 Å². The average molecular weight is 444 g/mol. The standard InChI is InChI=1S/C26H26FN5O/c1-16-13-18(8-10-21(16)27)25-20(5-4-12-29-25)17-9-11-24-19(14-17)15-30-32(24)26(33)31-23-7-3-2-6-22(23)28/h4-5,8-15,22-23H,2-3,6-7,28H2,1H3,(H,31,33)/t22-,23-/m1/s1. The molecule has 0 saturated heterocycles. The van der Waals surface area contributed by atoms with Gasteiger partial charge >= 0.3 is 6.03 Å². The molecule has 4 aromatic rings. The van der Waals surface area contributed by atoms with Gasteiger partial charge in [-0.2, -0.15) is 9.78 Å². The van der Waals surface area contributed by atoms with Gasteiger partial charge in [0.25, 0.3) is 0 Å². The summed E-state index contributed by atoms with van der Waals surface area (Å²) in [6, 6.07) is 14.4. The lowest BCUT2D eigenvalue weighted by Crippen LogP contribution is -2.50. The molecule has 2 aromatic heterocycles. The zero-order valence-corrected chi connectivity index (χ0v) is 18.5. The highest BCUT2D eigenvalue weighted by molar-refractivity contribution is 5.93. The molecule has 2 aromatic carbocycles. The molecule has 2 atom stereocenters. The van der Waals surface area contributed by atoms with Crippen LogP contribution in [-0.4, -0.2) is 32.9 Å². The first-order valence-corrected chi connectivity index (χ1v) is 11.3. The maximum atomic E-state index is 13.8. The first-order chi connectivity index (χ1) is 16.0. The SMILES string of the molecule is Cc1cc(-c2ncccc2-c2ccc3c(cnn3C(=O)N[C@@H]3CCCC[C@H]3N)c2)ccc1F. The number of hydrogen-bond acceptors (Lipinski definition) is 4. The Hall–Kier alpha value is -3.58. The highest BCUT2D eigenvalue weighted by Crippen LogP contribution is 2.32. The number of carbonyl (C=O) groups excluding carboxylic acids is 1.